The zero-order chi connectivity index (χ0) is 29.7. The van der Waals surface area contributed by atoms with Crippen LogP contribution in [0, 0.1) is 0 Å². The SMILES string of the molecule is CC1(C)c2ccccc2-c2ccc(N(c3ccc4c(c3)C(C)(C)c3ccccc3-4)c3ccc4[nH]c(=O)[nH]c(=O)c4c3)cc21. The molecule has 1 heterocycles. The molecule has 0 aliphatic heterocycles. The predicted octanol–water partition coefficient (Wildman–Crippen LogP) is 8.30. The number of nitrogens with zero attached hydrogens (tertiary/aromatic N) is 1. The lowest BCUT2D eigenvalue weighted by atomic mass is 9.82. The fourth-order valence-electron chi connectivity index (χ4n) is 7.40. The summed E-state index contributed by atoms with van der Waals surface area (Å²) in [6.07, 6.45) is 0. The Morgan fingerprint density at radius 1 is 0.512 bits per heavy atom. The minimum atomic E-state index is -0.511. The van der Waals surface area contributed by atoms with Crippen molar-refractivity contribution in [2.75, 3.05) is 4.90 Å². The topological polar surface area (TPSA) is 69.0 Å². The highest BCUT2D eigenvalue weighted by Gasteiger charge is 2.37. The van der Waals surface area contributed by atoms with Crippen LogP contribution in [0.3, 0.4) is 0 Å². The predicted molar refractivity (Wildman–Crippen MR) is 175 cm³/mol. The normalized spacial score (nSPS) is 15.1. The molecule has 1 aromatic heterocycles. The average Bonchev–Trinajstić information content (AvgIpc) is 3.37. The molecule has 8 rings (SSSR count). The standard InChI is InChI=1S/C38H31N3O2/c1-37(2)30-11-7-5-9-25(30)27-16-13-23(20-32(27)37)41(22-15-18-34-29(19-22)35(42)40-36(43)39-34)24-14-17-28-26-10-6-8-12-31(26)38(3,4)33(28)21-24/h5-21H,1-4H3,(H2,39,40,42,43). The first kappa shape index (κ1) is 25.5. The summed E-state index contributed by atoms with van der Waals surface area (Å²) in [4.78, 5) is 32.2. The van der Waals surface area contributed by atoms with E-state index in [0.717, 1.165) is 17.1 Å². The Morgan fingerprint density at radius 2 is 0.977 bits per heavy atom. The molecule has 5 nitrogen and oxygen atoms in total. The van der Waals surface area contributed by atoms with Gasteiger partial charge in [-0.3, -0.25) is 9.78 Å². The number of aromatic amines is 2. The second-order valence-corrected chi connectivity index (χ2v) is 12.8. The quantitative estimate of drug-likeness (QED) is 0.228. The van der Waals surface area contributed by atoms with Gasteiger partial charge in [0.1, 0.15) is 0 Å². The summed E-state index contributed by atoms with van der Waals surface area (Å²) in [6, 6.07) is 36.3. The summed E-state index contributed by atoms with van der Waals surface area (Å²) in [5.74, 6) is 0. The molecule has 43 heavy (non-hydrogen) atoms. The summed E-state index contributed by atoms with van der Waals surface area (Å²) in [7, 11) is 0. The van der Waals surface area contributed by atoms with Crippen LogP contribution >= 0.6 is 0 Å². The maximum atomic E-state index is 12.9. The Morgan fingerprint density at radius 3 is 1.53 bits per heavy atom. The first-order chi connectivity index (χ1) is 20.6. The lowest BCUT2D eigenvalue weighted by molar-refractivity contribution is 0.660. The minimum absolute atomic E-state index is 0.158. The third-order valence-corrected chi connectivity index (χ3v) is 9.63. The second kappa shape index (κ2) is 8.68. The van der Waals surface area contributed by atoms with Crippen molar-refractivity contribution >= 4 is 28.0 Å². The van der Waals surface area contributed by atoms with Gasteiger partial charge in [-0.2, -0.15) is 0 Å². The van der Waals surface area contributed by atoms with Gasteiger partial charge in [0.05, 0.1) is 10.9 Å². The van der Waals surface area contributed by atoms with Crippen LogP contribution < -0.4 is 16.1 Å². The van der Waals surface area contributed by atoms with E-state index in [2.05, 4.69) is 127 Å². The first-order valence-corrected chi connectivity index (χ1v) is 14.7. The van der Waals surface area contributed by atoms with Crippen LogP contribution in [0.2, 0.25) is 0 Å². The van der Waals surface area contributed by atoms with E-state index in [0.29, 0.717) is 10.9 Å². The zero-order valence-corrected chi connectivity index (χ0v) is 24.6. The number of anilines is 3. The van der Waals surface area contributed by atoms with E-state index in [-0.39, 0.29) is 10.8 Å². The highest BCUT2D eigenvalue weighted by atomic mass is 16.2. The number of nitrogens with one attached hydrogen (secondary N) is 2. The van der Waals surface area contributed by atoms with Crippen LogP contribution in [0.4, 0.5) is 17.1 Å². The van der Waals surface area contributed by atoms with E-state index in [4.69, 9.17) is 0 Å². The van der Waals surface area contributed by atoms with Crippen molar-refractivity contribution in [2.24, 2.45) is 0 Å². The smallest absolute Gasteiger partial charge is 0.310 e. The summed E-state index contributed by atoms with van der Waals surface area (Å²) in [5, 5.41) is 0.435. The molecule has 0 saturated heterocycles. The van der Waals surface area contributed by atoms with E-state index in [1.54, 1.807) is 0 Å². The van der Waals surface area contributed by atoms with Gasteiger partial charge in [0.2, 0.25) is 0 Å². The van der Waals surface area contributed by atoms with Crippen molar-refractivity contribution in [3.05, 3.63) is 146 Å². The lowest BCUT2D eigenvalue weighted by Gasteiger charge is -2.30. The van der Waals surface area contributed by atoms with Gasteiger partial charge in [-0.05, 0) is 87.0 Å². The average molecular weight is 562 g/mol. The Balaban J connectivity index is 1.36. The Kier molecular flexibility index (Phi) is 5.16. The molecule has 0 amide bonds. The molecule has 5 aromatic carbocycles. The molecule has 0 unspecified atom stereocenters. The number of hydrogen-bond donors (Lipinski definition) is 2. The van der Waals surface area contributed by atoms with E-state index in [1.165, 1.54) is 44.5 Å². The van der Waals surface area contributed by atoms with Crippen LogP contribution in [0.1, 0.15) is 49.9 Å². The second-order valence-electron chi connectivity index (χ2n) is 12.8. The Bertz CT molecular complexity index is 2150. The maximum Gasteiger partial charge on any atom is 0.326 e. The highest BCUT2D eigenvalue weighted by Crippen LogP contribution is 2.53. The summed E-state index contributed by atoms with van der Waals surface area (Å²) >= 11 is 0. The van der Waals surface area contributed by atoms with Crippen LogP contribution in [0.25, 0.3) is 33.2 Å². The molecule has 0 bridgehead atoms. The highest BCUT2D eigenvalue weighted by molar-refractivity contribution is 5.90. The van der Waals surface area contributed by atoms with Crippen molar-refractivity contribution in [1.29, 1.82) is 0 Å². The van der Waals surface area contributed by atoms with E-state index in [9.17, 15) is 9.59 Å². The van der Waals surface area contributed by atoms with Crippen LogP contribution in [-0.4, -0.2) is 9.97 Å². The van der Waals surface area contributed by atoms with E-state index in [1.807, 2.05) is 18.2 Å². The van der Waals surface area contributed by atoms with Crippen molar-refractivity contribution in [1.82, 2.24) is 9.97 Å². The maximum absolute atomic E-state index is 12.9. The zero-order valence-electron chi connectivity index (χ0n) is 24.6. The van der Waals surface area contributed by atoms with Gasteiger partial charge in [-0.15, -0.1) is 0 Å². The van der Waals surface area contributed by atoms with Crippen molar-refractivity contribution < 1.29 is 0 Å². The molecular formula is C38H31N3O2. The number of benzene rings is 5. The monoisotopic (exact) mass is 561 g/mol. The molecule has 210 valence electrons. The van der Waals surface area contributed by atoms with Gasteiger partial charge in [0.25, 0.3) is 5.56 Å². The molecule has 6 aromatic rings. The summed E-state index contributed by atoms with van der Waals surface area (Å²) < 4.78 is 0. The van der Waals surface area contributed by atoms with Crippen LogP contribution in [0.15, 0.2) is 113 Å². The summed E-state index contributed by atoms with van der Waals surface area (Å²) in [6.45, 7) is 9.14. The minimum Gasteiger partial charge on any atom is -0.310 e. The molecule has 5 heteroatoms. The number of aromatic nitrogens is 2. The number of hydrogen-bond acceptors (Lipinski definition) is 3. The van der Waals surface area contributed by atoms with Crippen molar-refractivity contribution in [2.45, 2.75) is 38.5 Å². The van der Waals surface area contributed by atoms with Crippen LogP contribution in [-0.2, 0) is 10.8 Å². The van der Waals surface area contributed by atoms with Gasteiger partial charge in [0.15, 0.2) is 0 Å². The summed E-state index contributed by atoms with van der Waals surface area (Å²) in [5.41, 5.74) is 12.4. The number of fused-ring (bicyclic) bond motifs is 7. The fourth-order valence-corrected chi connectivity index (χ4v) is 7.40. The third kappa shape index (κ3) is 3.58. The Hall–Kier alpha value is -5.16. The van der Waals surface area contributed by atoms with Crippen molar-refractivity contribution in [3.63, 3.8) is 0 Å². The van der Waals surface area contributed by atoms with Gasteiger partial charge < -0.3 is 9.88 Å². The van der Waals surface area contributed by atoms with E-state index >= 15 is 0 Å². The molecule has 0 atom stereocenters. The molecule has 0 radical (unpaired) electrons. The first-order valence-electron chi connectivity index (χ1n) is 14.7. The molecular weight excluding hydrogens is 530 g/mol. The molecule has 2 aliphatic carbocycles. The molecule has 0 spiro atoms. The van der Waals surface area contributed by atoms with Crippen LogP contribution in [0.5, 0.6) is 0 Å². The molecule has 2 aliphatic rings. The number of rotatable bonds is 3. The van der Waals surface area contributed by atoms with Crippen molar-refractivity contribution in [3.8, 4) is 22.3 Å². The third-order valence-electron chi connectivity index (χ3n) is 9.63. The molecule has 0 saturated carbocycles. The number of H-pyrrole nitrogens is 2. The van der Waals surface area contributed by atoms with E-state index < -0.39 is 11.2 Å². The Labute approximate surface area is 249 Å². The van der Waals surface area contributed by atoms with Gasteiger partial charge >= 0.3 is 5.69 Å². The largest absolute Gasteiger partial charge is 0.326 e. The molecule has 2 N–H and O–H groups in total. The van der Waals surface area contributed by atoms with Gasteiger partial charge in [0, 0.05) is 27.9 Å². The van der Waals surface area contributed by atoms with Gasteiger partial charge in [-0.1, -0.05) is 88.4 Å². The molecule has 0 fully saturated rings. The lowest BCUT2D eigenvalue weighted by Crippen LogP contribution is -2.22. The van der Waals surface area contributed by atoms with Gasteiger partial charge in [-0.25, -0.2) is 4.79 Å². The fraction of sp³-hybridized carbons (Fsp3) is 0.158.